The number of nitrogen functional groups attached to an aromatic ring is 1. The summed E-state index contributed by atoms with van der Waals surface area (Å²) in [6.07, 6.45) is 3.01. The maximum Gasteiger partial charge on any atom is 0.240 e. The average Bonchev–Trinajstić information content (AvgIpc) is 2.30. The second-order valence-corrected chi connectivity index (χ2v) is 7.97. The van der Waals surface area contributed by atoms with Crippen molar-refractivity contribution >= 4 is 15.7 Å². The highest BCUT2D eigenvalue weighted by Gasteiger charge is 2.28. The Morgan fingerprint density at radius 1 is 1.15 bits per heavy atom. The lowest BCUT2D eigenvalue weighted by Crippen LogP contribution is -2.40. The summed E-state index contributed by atoms with van der Waals surface area (Å²) in [4.78, 5) is 0.301. The van der Waals surface area contributed by atoms with Gasteiger partial charge in [0.2, 0.25) is 10.0 Å². The first-order chi connectivity index (χ1) is 9.28. The highest BCUT2D eigenvalue weighted by Crippen LogP contribution is 2.29. The van der Waals surface area contributed by atoms with Gasteiger partial charge in [-0.3, -0.25) is 0 Å². The highest BCUT2D eigenvalue weighted by molar-refractivity contribution is 7.89. The van der Waals surface area contributed by atoms with Crippen LogP contribution in [-0.2, 0) is 10.0 Å². The number of nitrogens with two attached hydrogens (primary N) is 1. The fourth-order valence-electron chi connectivity index (χ4n) is 3.15. The van der Waals surface area contributed by atoms with Gasteiger partial charge in [0.25, 0.3) is 0 Å². The van der Waals surface area contributed by atoms with Crippen molar-refractivity contribution < 1.29 is 8.42 Å². The third-order valence-corrected chi connectivity index (χ3v) is 5.57. The second-order valence-electron chi connectivity index (χ2n) is 6.25. The fraction of sp³-hybridized carbons (Fsp3) is 0.600. The molecule has 0 radical (unpaired) electrons. The molecule has 1 fully saturated rings. The number of hydrogen-bond acceptors (Lipinski definition) is 3. The lowest BCUT2D eigenvalue weighted by atomic mass is 9.81. The third kappa shape index (κ3) is 3.52. The molecule has 1 aromatic rings. The van der Waals surface area contributed by atoms with Gasteiger partial charge in [0.05, 0.1) is 4.90 Å². The first-order valence-electron chi connectivity index (χ1n) is 7.16. The smallest absolute Gasteiger partial charge is 0.240 e. The Kier molecular flexibility index (Phi) is 4.39. The van der Waals surface area contributed by atoms with Crippen molar-refractivity contribution in [2.75, 3.05) is 5.73 Å². The molecule has 1 aromatic carbocycles. The van der Waals surface area contributed by atoms with Crippen molar-refractivity contribution in [2.24, 2.45) is 11.8 Å². The van der Waals surface area contributed by atoms with Crippen molar-refractivity contribution in [1.29, 1.82) is 0 Å². The number of nitrogens with one attached hydrogen (secondary N) is 1. The molecule has 5 heteroatoms. The SMILES string of the molecule is Cc1cc(S(=O)(=O)NC2CC(C)CC(C)C2)ccc1N. The van der Waals surface area contributed by atoms with E-state index in [1.54, 1.807) is 18.2 Å². The number of rotatable bonds is 3. The molecule has 112 valence electrons. The molecule has 20 heavy (non-hydrogen) atoms. The molecule has 0 aliphatic heterocycles. The molecule has 1 aliphatic carbocycles. The molecule has 3 N–H and O–H groups in total. The Balaban J connectivity index is 2.16. The molecular formula is C15H24N2O2S. The van der Waals surface area contributed by atoms with Crippen LogP contribution in [0, 0.1) is 18.8 Å². The van der Waals surface area contributed by atoms with E-state index in [0.717, 1.165) is 18.4 Å². The van der Waals surface area contributed by atoms with E-state index in [4.69, 9.17) is 5.73 Å². The summed E-state index contributed by atoms with van der Waals surface area (Å²) < 4.78 is 27.7. The Morgan fingerprint density at radius 2 is 1.75 bits per heavy atom. The van der Waals surface area contributed by atoms with Crippen LogP contribution in [-0.4, -0.2) is 14.5 Å². The van der Waals surface area contributed by atoms with Gasteiger partial charge in [-0.1, -0.05) is 13.8 Å². The van der Waals surface area contributed by atoms with Gasteiger partial charge in [-0.25, -0.2) is 13.1 Å². The Hall–Kier alpha value is -1.07. The first kappa shape index (κ1) is 15.3. The molecule has 0 bridgehead atoms. The minimum absolute atomic E-state index is 0.0385. The zero-order chi connectivity index (χ0) is 14.9. The number of sulfonamides is 1. The Bertz CT molecular complexity index is 574. The normalized spacial score (nSPS) is 27.4. The minimum Gasteiger partial charge on any atom is -0.399 e. The van der Waals surface area contributed by atoms with E-state index >= 15 is 0 Å². The van der Waals surface area contributed by atoms with Gasteiger partial charge < -0.3 is 5.73 Å². The molecule has 1 saturated carbocycles. The predicted octanol–water partition coefficient (Wildman–Crippen LogP) is 2.68. The van der Waals surface area contributed by atoms with Crippen molar-refractivity contribution in [3.8, 4) is 0 Å². The summed E-state index contributed by atoms with van der Waals surface area (Å²) >= 11 is 0. The van der Waals surface area contributed by atoms with Crippen LogP contribution in [0.2, 0.25) is 0 Å². The van der Waals surface area contributed by atoms with E-state index < -0.39 is 10.0 Å². The number of anilines is 1. The van der Waals surface area contributed by atoms with E-state index in [1.165, 1.54) is 6.42 Å². The lowest BCUT2D eigenvalue weighted by molar-refractivity contribution is 0.257. The minimum atomic E-state index is -3.45. The number of benzene rings is 1. The van der Waals surface area contributed by atoms with Crippen LogP contribution in [0.4, 0.5) is 5.69 Å². The van der Waals surface area contributed by atoms with Crippen LogP contribution in [0.25, 0.3) is 0 Å². The molecule has 0 aromatic heterocycles. The molecule has 0 heterocycles. The third-order valence-electron chi connectivity index (χ3n) is 4.05. The zero-order valence-electron chi connectivity index (χ0n) is 12.4. The van der Waals surface area contributed by atoms with Gasteiger partial charge in [-0.2, -0.15) is 0 Å². The molecule has 1 aliphatic rings. The van der Waals surface area contributed by atoms with E-state index in [1.807, 2.05) is 6.92 Å². The van der Waals surface area contributed by atoms with Crippen LogP contribution in [0.15, 0.2) is 23.1 Å². The van der Waals surface area contributed by atoms with Gasteiger partial charge >= 0.3 is 0 Å². The van der Waals surface area contributed by atoms with Gasteiger partial charge in [-0.05, 0) is 61.8 Å². The number of aryl methyl sites for hydroxylation is 1. The standard InChI is InChI=1S/C15H24N2O2S/c1-10-6-11(2)8-13(7-10)17-20(18,19)14-4-5-15(16)12(3)9-14/h4-5,9-11,13,17H,6-8,16H2,1-3H3. The van der Waals surface area contributed by atoms with Crippen molar-refractivity contribution in [1.82, 2.24) is 4.72 Å². The van der Waals surface area contributed by atoms with Gasteiger partial charge in [-0.15, -0.1) is 0 Å². The lowest BCUT2D eigenvalue weighted by Gasteiger charge is -2.31. The van der Waals surface area contributed by atoms with Gasteiger partial charge in [0.1, 0.15) is 0 Å². The van der Waals surface area contributed by atoms with Crippen LogP contribution < -0.4 is 10.5 Å². The Labute approximate surface area is 121 Å². The van der Waals surface area contributed by atoms with Crippen molar-refractivity contribution in [3.05, 3.63) is 23.8 Å². The maximum absolute atomic E-state index is 12.4. The summed E-state index contributed by atoms with van der Waals surface area (Å²) in [5.41, 5.74) is 7.14. The summed E-state index contributed by atoms with van der Waals surface area (Å²) in [5.74, 6) is 1.14. The highest BCUT2D eigenvalue weighted by atomic mass is 32.2. The topological polar surface area (TPSA) is 72.2 Å². The van der Waals surface area contributed by atoms with Crippen LogP contribution >= 0.6 is 0 Å². The fourth-order valence-corrected chi connectivity index (χ4v) is 4.49. The van der Waals surface area contributed by atoms with E-state index in [0.29, 0.717) is 22.4 Å². The van der Waals surface area contributed by atoms with E-state index in [2.05, 4.69) is 18.6 Å². The molecule has 2 rings (SSSR count). The monoisotopic (exact) mass is 296 g/mol. The molecule has 0 saturated heterocycles. The maximum atomic E-state index is 12.4. The quantitative estimate of drug-likeness (QED) is 0.842. The second kappa shape index (κ2) is 5.74. The zero-order valence-corrected chi connectivity index (χ0v) is 13.2. The molecule has 0 amide bonds. The van der Waals surface area contributed by atoms with Crippen molar-refractivity contribution in [3.63, 3.8) is 0 Å². The number of hydrogen-bond donors (Lipinski definition) is 2. The summed E-state index contributed by atoms with van der Waals surface area (Å²) in [6.45, 7) is 6.19. The van der Waals surface area contributed by atoms with Crippen LogP contribution in [0.3, 0.4) is 0 Å². The van der Waals surface area contributed by atoms with Crippen molar-refractivity contribution in [2.45, 2.75) is 51.0 Å². The first-order valence-corrected chi connectivity index (χ1v) is 8.64. The molecular weight excluding hydrogens is 272 g/mol. The molecule has 4 nitrogen and oxygen atoms in total. The molecule has 2 unspecified atom stereocenters. The largest absolute Gasteiger partial charge is 0.399 e. The predicted molar refractivity (Wildman–Crippen MR) is 81.9 cm³/mol. The van der Waals surface area contributed by atoms with Crippen LogP contribution in [0.5, 0.6) is 0 Å². The summed E-state index contributed by atoms with van der Waals surface area (Å²) in [7, 11) is -3.45. The van der Waals surface area contributed by atoms with E-state index in [9.17, 15) is 8.42 Å². The van der Waals surface area contributed by atoms with Gasteiger partial charge in [0, 0.05) is 11.7 Å². The Morgan fingerprint density at radius 3 is 2.30 bits per heavy atom. The average molecular weight is 296 g/mol. The summed E-state index contributed by atoms with van der Waals surface area (Å²) in [6, 6.07) is 4.89. The molecule has 2 atom stereocenters. The summed E-state index contributed by atoms with van der Waals surface area (Å²) in [5, 5.41) is 0. The van der Waals surface area contributed by atoms with Gasteiger partial charge in [0.15, 0.2) is 0 Å². The van der Waals surface area contributed by atoms with E-state index in [-0.39, 0.29) is 6.04 Å². The molecule has 0 spiro atoms. The van der Waals surface area contributed by atoms with Crippen LogP contribution in [0.1, 0.15) is 38.7 Å².